The summed E-state index contributed by atoms with van der Waals surface area (Å²) in [6.45, 7) is 7.39. The van der Waals surface area contributed by atoms with Crippen LogP contribution in [0.25, 0.3) is 0 Å². The van der Waals surface area contributed by atoms with E-state index in [0.717, 1.165) is 9.87 Å². The molecule has 0 radical (unpaired) electrons. The lowest BCUT2D eigenvalue weighted by molar-refractivity contribution is -0.140. The van der Waals surface area contributed by atoms with Crippen LogP contribution in [0.4, 0.5) is 5.69 Å². The minimum atomic E-state index is -4.23. The summed E-state index contributed by atoms with van der Waals surface area (Å²) in [5, 5.41) is 3.66. The van der Waals surface area contributed by atoms with Gasteiger partial charge in [0, 0.05) is 23.1 Å². The number of benzene rings is 3. The number of methoxy groups -OCH3 is 1. The Labute approximate surface area is 258 Å². The molecule has 0 unspecified atom stereocenters. The van der Waals surface area contributed by atoms with Gasteiger partial charge in [0.1, 0.15) is 18.3 Å². The van der Waals surface area contributed by atoms with Crippen LogP contribution in [0.5, 0.6) is 5.75 Å². The van der Waals surface area contributed by atoms with E-state index < -0.39 is 28.5 Å². The Balaban J connectivity index is 2.11. The van der Waals surface area contributed by atoms with Crippen LogP contribution >= 0.6 is 23.2 Å². The molecule has 42 heavy (non-hydrogen) atoms. The molecule has 3 aromatic rings. The molecular formula is C31H37Cl2N3O5S. The van der Waals surface area contributed by atoms with Gasteiger partial charge in [-0.2, -0.15) is 0 Å². The number of hydrogen-bond acceptors (Lipinski definition) is 5. The number of nitrogens with one attached hydrogen (secondary N) is 1. The fourth-order valence-electron chi connectivity index (χ4n) is 4.36. The summed E-state index contributed by atoms with van der Waals surface area (Å²) in [6, 6.07) is 17.0. The minimum absolute atomic E-state index is 0.0146. The van der Waals surface area contributed by atoms with E-state index in [2.05, 4.69) is 5.32 Å². The third-order valence-corrected chi connectivity index (χ3v) is 9.03. The van der Waals surface area contributed by atoms with Crippen LogP contribution in [-0.2, 0) is 26.2 Å². The number of hydrogen-bond donors (Lipinski definition) is 1. The first-order chi connectivity index (χ1) is 19.9. The monoisotopic (exact) mass is 633 g/mol. The molecule has 0 aromatic heterocycles. The highest BCUT2D eigenvalue weighted by atomic mass is 35.5. The quantitative estimate of drug-likeness (QED) is 0.246. The molecule has 8 nitrogen and oxygen atoms in total. The van der Waals surface area contributed by atoms with E-state index in [4.69, 9.17) is 27.9 Å². The minimum Gasteiger partial charge on any atom is -0.495 e. The number of halogens is 2. The first-order valence-electron chi connectivity index (χ1n) is 13.6. The number of para-hydroxylation sites is 2. The maximum Gasteiger partial charge on any atom is 0.264 e. The normalized spacial score (nSPS) is 12.1. The molecule has 1 atom stereocenters. The van der Waals surface area contributed by atoms with E-state index in [0.29, 0.717) is 28.6 Å². The smallest absolute Gasteiger partial charge is 0.264 e. The SMILES string of the molecule is CC[C@H](C(=O)NCC(C)C)N(Cc1ccc(Cl)cc1Cl)C(=O)CN(c1ccccc1OC)S(=O)(=O)c1ccc(C)cc1. The summed E-state index contributed by atoms with van der Waals surface area (Å²) in [7, 11) is -2.80. The van der Waals surface area contributed by atoms with E-state index in [1.54, 1.807) is 61.5 Å². The number of ether oxygens (including phenoxy) is 1. The molecular weight excluding hydrogens is 597 g/mol. The molecule has 3 rings (SSSR count). The molecule has 0 aliphatic rings. The van der Waals surface area contributed by atoms with Crippen LogP contribution in [0.2, 0.25) is 10.0 Å². The van der Waals surface area contributed by atoms with Gasteiger partial charge in [-0.3, -0.25) is 13.9 Å². The highest BCUT2D eigenvalue weighted by molar-refractivity contribution is 7.92. The van der Waals surface area contributed by atoms with Crippen LogP contribution in [0.1, 0.15) is 38.3 Å². The average Bonchev–Trinajstić information content (AvgIpc) is 2.95. The second-order valence-electron chi connectivity index (χ2n) is 10.3. The topological polar surface area (TPSA) is 96.0 Å². The maximum absolute atomic E-state index is 14.2. The van der Waals surface area contributed by atoms with Crippen molar-refractivity contribution in [1.82, 2.24) is 10.2 Å². The van der Waals surface area contributed by atoms with E-state index in [-0.39, 0.29) is 34.7 Å². The van der Waals surface area contributed by atoms with Gasteiger partial charge in [-0.25, -0.2) is 8.42 Å². The van der Waals surface area contributed by atoms with Crippen LogP contribution in [0.3, 0.4) is 0 Å². The highest BCUT2D eigenvalue weighted by Gasteiger charge is 2.35. The number of sulfonamides is 1. The zero-order chi connectivity index (χ0) is 31.0. The average molecular weight is 635 g/mol. The highest BCUT2D eigenvalue weighted by Crippen LogP contribution is 2.33. The van der Waals surface area contributed by atoms with Gasteiger partial charge in [0.25, 0.3) is 10.0 Å². The van der Waals surface area contributed by atoms with Crippen molar-refractivity contribution in [3.63, 3.8) is 0 Å². The fourth-order valence-corrected chi connectivity index (χ4v) is 6.25. The molecule has 0 saturated carbocycles. The van der Waals surface area contributed by atoms with Crippen molar-refractivity contribution in [2.75, 3.05) is 24.5 Å². The number of aryl methyl sites for hydroxylation is 1. The van der Waals surface area contributed by atoms with Crippen molar-refractivity contribution in [1.29, 1.82) is 0 Å². The van der Waals surface area contributed by atoms with E-state index >= 15 is 0 Å². The Morgan fingerprint density at radius 1 is 1.00 bits per heavy atom. The van der Waals surface area contributed by atoms with Gasteiger partial charge in [0.15, 0.2) is 0 Å². The Hall–Kier alpha value is -3.27. The lowest BCUT2D eigenvalue weighted by Gasteiger charge is -2.33. The van der Waals surface area contributed by atoms with Crippen molar-refractivity contribution < 1.29 is 22.7 Å². The molecule has 0 heterocycles. The molecule has 0 saturated heterocycles. The van der Waals surface area contributed by atoms with Gasteiger partial charge in [0.2, 0.25) is 11.8 Å². The van der Waals surface area contributed by atoms with Gasteiger partial charge in [-0.1, -0.05) is 79.9 Å². The molecule has 3 aromatic carbocycles. The molecule has 0 aliphatic heterocycles. The molecule has 0 fully saturated rings. The van der Waals surface area contributed by atoms with Crippen LogP contribution in [0.15, 0.2) is 71.6 Å². The number of nitrogens with zero attached hydrogens (tertiary/aromatic N) is 2. The number of anilines is 1. The van der Waals surface area contributed by atoms with Crippen LogP contribution < -0.4 is 14.4 Å². The van der Waals surface area contributed by atoms with Crippen molar-refractivity contribution in [2.24, 2.45) is 5.92 Å². The van der Waals surface area contributed by atoms with Gasteiger partial charge in [-0.05, 0) is 61.2 Å². The molecule has 11 heteroatoms. The van der Waals surface area contributed by atoms with Crippen LogP contribution in [0, 0.1) is 12.8 Å². The van der Waals surface area contributed by atoms with Crippen molar-refractivity contribution >= 4 is 50.7 Å². The van der Waals surface area contributed by atoms with Gasteiger partial charge in [0.05, 0.1) is 17.7 Å². The maximum atomic E-state index is 14.2. The predicted octanol–water partition coefficient (Wildman–Crippen LogP) is 6.09. The zero-order valence-electron chi connectivity index (χ0n) is 24.4. The van der Waals surface area contributed by atoms with E-state index in [1.807, 2.05) is 20.8 Å². The van der Waals surface area contributed by atoms with Crippen molar-refractivity contribution in [3.8, 4) is 5.75 Å². The first-order valence-corrected chi connectivity index (χ1v) is 15.8. The van der Waals surface area contributed by atoms with E-state index in [9.17, 15) is 18.0 Å². The molecule has 0 bridgehead atoms. The summed E-state index contributed by atoms with van der Waals surface area (Å²) >= 11 is 12.6. The van der Waals surface area contributed by atoms with Gasteiger partial charge in [-0.15, -0.1) is 0 Å². The first kappa shape index (κ1) is 33.2. The molecule has 226 valence electrons. The second-order valence-corrected chi connectivity index (χ2v) is 13.0. The summed E-state index contributed by atoms with van der Waals surface area (Å²) in [4.78, 5) is 29.0. The van der Waals surface area contributed by atoms with E-state index in [1.165, 1.54) is 24.1 Å². The largest absolute Gasteiger partial charge is 0.495 e. The second kappa shape index (κ2) is 14.8. The summed E-state index contributed by atoms with van der Waals surface area (Å²) < 4.78 is 34.6. The molecule has 0 spiro atoms. The Morgan fingerprint density at radius 2 is 1.67 bits per heavy atom. The summed E-state index contributed by atoms with van der Waals surface area (Å²) in [6.07, 6.45) is 0.292. The molecule has 1 N–H and O–H groups in total. The lowest BCUT2D eigenvalue weighted by atomic mass is 10.1. The number of rotatable bonds is 13. The van der Waals surface area contributed by atoms with Gasteiger partial charge < -0.3 is 15.0 Å². The predicted molar refractivity (Wildman–Crippen MR) is 168 cm³/mol. The fraction of sp³-hybridized carbons (Fsp3) is 0.355. The zero-order valence-corrected chi connectivity index (χ0v) is 26.8. The molecule has 0 aliphatic carbocycles. The lowest BCUT2D eigenvalue weighted by Crippen LogP contribution is -2.52. The third kappa shape index (κ3) is 8.18. The molecule has 2 amide bonds. The van der Waals surface area contributed by atoms with Gasteiger partial charge >= 0.3 is 0 Å². The number of carbonyl (C=O) groups excluding carboxylic acids is 2. The Bertz CT molecular complexity index is 1500. The van der Waals surface area contributed by atoms with Crippen LogP contribution in [-0.4, -0.2) is 51.4 Å². The van der Waals surface area contributed by atoms with Crippen molar-refractivity contribution in [3.05, 3.63) is 87.9 Å². The Kier molecular flexibility index (Phi) is 11.7. The standard InChI is InChI=1S/C31H37Cl2N3O5S/c1-6-27(31(38)34-18-21(2)3)35(19-23-13-14-24(32)17-26(23)33)30(37)20-36(28-9-7-8-10-29(28)41-5)42(39,40)25-15-11-22(4)12-16-25/h7-17,21,27H,6,18-20H2,1-5H3,(H,34,38)/t27-/m1/s1. The number of carbonyl (C=O) groups is 2. The third-order valence-electron chi connectivity index (χ3n) is 6.67. The number of amides is 2. The summed E-state index contributed by atoms with van der Waals surface area (Å²) in [5.74, 6) is -0.457. The van der Waals surface area contributed by atoms with Crippen molar-refractivity contribution in [2.45, 2.75) is 51.6 Å². The Morgan fingerprint density at radius 3 is 2.26 bits per heavy atom. The summed E-state index contributed by atoms with van der Waals surface area (Å²) in [5.41, 5.74) is 1.64.